The van der Waals surface area contributed by atoms with E-state index in [9.17, 15) is 14.7 Å². The molecular formula is C11H13ClO4. The average Bonchev–Trinajstić information content (AvgIpc) is 2.20. The van der Waals surface area contributed by atoms with Gasteiger partial charge in [0, 0.05) is 11.5 Å². The van der Waals surface area contributed by atoms with E-state index in [4.69, 9.17) is 16.7 Å². The third-order valence-electron chi connectivity index (χ3n) is 2.85. The molecule has 5 heteroatoms. The van der Waals surface area contributed by atoms with Gasteiger partial charge in [0.05, 0.1) is 5.41 Å². The van der Waals surface area contributed by atoms with E-state index in [1.54, 1.807) is 19.1 Å². The Labute approximate surface area is 98.2 Å². The number of allylic oxidation sites excluding steroid dienone is 2. The van der Waals surface area contributed by atoms with Crippen molar-refractivity contribution in [2.75, 3.05) is 5.88 Å². The molecule has 0 radical (unpaired) electrons. The molecule has 0 saturated heterocycles. The van der Waals surface area contributed by atoms with E-state index in [1.165, 1.54) is 0 Å². The van der Waals surface area contributed by atoms with Crippen LogP contribution in [-0.4, -0.2) is 28.0 Å². The van der Waals surface area contributed by atoms with Crippen LogP contribution >= 0.6 is 11.6 Å². The fourth-order valence-electron chi connectivity index (χ4n) is 1.74. The molecule has 0 aromatic heterocycles. The second-order valence-electron chi connectivity index (χ2n) is 3.88. The van der Waals surface area contributed by atoms with E-state index >= 15 is 0 Å². The van der Waals surface area contributed by atoms with Gasteiger partial charge < -0.3 is 10.2 Å². The summed E-state index contributed by atoms with van der Waals surface area (Å²) in [6.45, 7) is 1.66. The zero-order chi connectivity index (χ0) is 12.3. The molecule has 16 heavy (non-hydrogen) atoms. The Hall–Kier alpha value is -1.29. The largest absolute Gasteiger partial charge is 0.481 e. The van der Waals surface area contributed by atoms with Gasteiger partial charge in [-0.25, -0.2) is 4.79 Å². The van der Waals surface area contributed by atoms with Crippen molar-refractivity contribution in [1.82, 2.24) is 0 Å². The first-order valence-electron chi connectivity index (χ1n) is 4.84. The molecule has 88 valence electrons. The minimum atomic E-state index is -1.17. The van der Waals surface area contributed by atoms with Crippen molar-refractivity contribution in [3.63, 3.8) is 0 Å². The summed E-state index contributed by atoms with van der Waals surface area (Å²) in [6, 6.07) is 0. The molecule has 4 nitrogen and oxygen atoms in total. The van der Waals surface area contributed by atoms with E-state index in [0.717, 1.165) is 0 Å². The van der Waals surface area contributed by atoms with Gasteiger partial charge in [0.1, 0.15) is 0 Å². The SMILES string of the molecule is CC1=C(C(=O)O)CC(CCCl)(C(=O)O)C=C1. The zero-order valence-electron chi connectivity index (χ0n) is 8.86. The maximum Gasteiger partial charge on any atom is 0.331 e. The standard InChI is InChI=1S/C11H13ClO4/c1-7-2-3-11(4-5-12,10(15)16)6-8(7)9(13)14/h2-3H,4-6H2,1H3,(H,13,14)(H,15,16). The topological polar surface area (TPSA) is 74.6 Å². The number of rotatable bonds is 4. The molecule has 0 spiro atoms. The van der Waals surface area contributed by atoms with Gasteiger partial charge in [-0.05, 0) is 25.3 Å². The summed E-state index contributed by atoms with van der Waals surface area (Å²) >= 11 is 5.57. The van der Waals surface area contributed by atoms with Crippen LogP contribution in [0, 0.1) is 5.41 Å². The number of carbonyl (C=O) groups is 2. The molecule has 0 aromatic carbocycles. The molecule has 1 atom stereocenters. The molecule has 0 bridgehead atoms. The number of carboxylic acid groups (broad SMARTS) is 2. The second kappa shape index (κ2) is 4.70. The van der Waals surface area contributed by atoms with Gasteiger partial charge in [-0.3, -0.25) is 4.79 Å². The van der Waals surface area contributed by atoms with Crippen molar-refractivity contribution in [3.8, 4) is 0 Å². The number of hydrogen-bond acceptors (Lipinski definition) is 2. The lowest BCUT2D eigenvalue weighted by Crippen LogP contribution is -2.33. The van der Waals surface area contributed by atoms with Crippen LogP contribution in [0.25, 0.3) is 0 Å². The zero-order valence-corrected chi connectivity index (χ0v) is 9.62. The average molecular weight is 245 g/mol. The molecule has 0 saturated carbocycles. The van der Waals surface area contributed by atoms with Crippen LogP contribution in [0.3, 0.4) is 0 Å². The Kier molecular flexibility index (Phi) is 3.75. The van der Waals surface area contributed by atoms with Gasteiger partial charge in [-0.1, -0.05) is 12.2 Å². The summed E-state index contributed by atoms with van der Waals surface area (Å²) in [4.78, 5) is 22.2. The van der Waals surface area contributed by atoms with Gasteiger partial charge in [-0.15, -0.1) is 11.6 Å². The molecule has 1 rings (SSSR count). The van der Waals surface area contributed by atoms with Crippen LogP contribution < -0.4 is 0 Å². The quantitative estimate of drug-likeness (QED) is 0.743. The van der Waals surface area contributed by atoms with Gasteiger partial charge >= 0.3 is 11.9 Å². The molecule has 0 amide bonds. The third kappa shape index (κ3) is 2.27. The molecule has 2 N–H and O–H groups in total. The maximum absolute atomic E-state index is 11.2. The number of alkyl halides is 1. The summed E-state index contributed by atoms with van der Waals surface area (Å²) in [5, 5.41) is 18.2. The number of hydrogen-bond donors (Lipinski definition) is 2. The fraction of sp³-hybridized carbons (Fsp3) is 0.455. The molecule has 1 aliphatic carbocycles. The van der Waals surface area contributed by atoms with Crippen LogP contribution in [0.4, 0.5) is 0 Å². The highest BCUT2D eigenvalue weighted by Gasteiger charge is 2.39. The van der Waals surface area contributed by atoms with Gasteiger partial charge in [0.15, 0.2) is 0 Å². The summed E-state index contributed by atoms with van der Waals surface area (Å²) in [7, 11) is 0. The first-order chi connectivity index (χ1) is 7.43. The van der Waals surface area contributed by atoms with E-state index < -0.39 is 17.4 Å². The Morgan fingerprint density at radius 1 is 1.50 bits per heavy atom. The first kappa shape index (κ1) is 12.8. The number of halogens is 1. The van der Waals surface area contributed by atoms with Crippen molar-refractivity contribution in [2.45, 2.75) is 19.8 Å². The second-order valence-corrected chi connectivity index (χ2v) is 4.26. The molecular weight excluding hydrogens is 232 g/mol. The van der Waals surface area contributed by atoms with Gasteiger partial charge in [0.25, 0.3) is 0 Å². The van der Waals surface area contributed by atoms with E-state index in [-0.39, 0.29) is 24.3 Å². The predicted molar refractivity (Wildman–Crippen MR) is 59.5 cm³/mol. The van der Waals surface area contributed by atoms with Crippen molar-refractivity contribution < 1.29 is 19.8 Å². The maximum atomic E-state index is 11.2. The summed E-state index contributed by atoms with van der Waals surface area (Å²) < 4.78 is 0. The van der Waals surface area contributed by atoms with Crippen LogP contribution in [0.1, 0.15) is 19.8 Å². The Morgan fingerprint density at radius 2 is 2.12 bits per heavy atom. The molecule has 0 heterocycles. The summed E-state index contributed by atoms with van der Waals surface area (Å²) in [5.74, 6) is -1.92. The third-order valence-corrected chi connectivity index (χ3v) is 3.03. The molecule has 1 aliphatic rings. The molecule has 0 aliphatic heterocycles. The van der Waals surface area contributed by atoms with Crippen molar-refractivity contribution in [1.29, 1.82) is 0 Å². The lowest BCUT2D eigenvalue weighted by atomic mass is 9.74. The monoisotopic (exact) mass is 244 g/mol. The van der Waals surface area contributed by atoms with Gasteiger partial charge in [0.2, 0.25) is 0 Å². The normalized spacial score (nSPS) is 24.6. The minimum absolute atomic E-state index is 0.00722. The lowest BCUT2D eigenvalue weighted by Gasteiger charge is -2.29. The Bertz CT molecular complexity index is 383. The lowest BCUT2D eigenvalue weighted by molar-refractivity contribution is -0.146. The molecule has 0 fully saturated rings. The minimum Gasteiger partial charge on any atom is -0.481 e. The highest BCUT2D eigenvalue weighted by Crippen LogP contribution is 2.38. The number of aliphatic carboxylic acids is 2. The predicted octanol–water partition coefficient (Wildman–Crippen LogP) is 2.05. The highest BCUT2D eigenvalue weighted by molar-refractivity contribution is 6.18. The van der Waals surface area contributed by atoms with Crippen molar-refractivity contribution in [3.05, 3.63) is 23.3 Å². The summed E-state index contributed by atoms with van der Waals surface area (Å²) in [6.07, 6.45) is 3.31. The van der Waals surface area contributed by atoms with Crippen LogP contribution in [-0.2, 0) is 9.59 Å². The van der Waals surface area contributed by atoms with E-state index in [0.29, 0.717) is 5.57 Å². The molecule has 1 unspecified atom stereocenters. The van der Waals surface area contributed by atoms with E-state index in [1.807, 2.05) is 0 Å². The molecule has 0 aromatic rings. The Balaban J connectivity index is 3.09. The highest BCUT2D eigenvalue weighted by atomic mass is 35.5. The van der Waals surface area contributed by atoms with Crippen LogP contribution in [0.5, 0.6) is 0 Å². The summed E-state index contributed by atoms with van der Waals surface area (Å²) in [5.41, 5.74) is -0.427. The van der Waals surface area contributed by atoms with Gasteiger partial charge in [-0.2, -0.15) is 0 Å². The van der Waals surface area contributed by atoms with Crippen LogP contribution in [0.15, 0.2) is 23.3 Å². The fourth-order valence-corrected chi connectivity index (χ4v) is 2.07. The van der Waals surface area contributed by atoms with Crippen molar-refractivity contribution >= 4 is 23.5 Å². The van der Waals surface area contributed by atoms with Crippen LogP contribution in [0.2, 0.25) is 0 Å². The Morgan fingerprint density at radius 3 is 2.56 bits per heavy atom. The number of carboxylic acids is 2. The first-order valence-corrected chi connectivity index (χ1v) is 5.38. The van der Waals surface area contributed by atoms with E-state index in [2.05, 4.69) is 0 Å². The smallest absolute Gasteiger partial charge is 0.331 e. The van der Waals surface area contributed by atoms with Crippen molar-refractivity contribution in [2.24, 2.45) is 5.41 Å².